The topological polar surface area (TPSA) is 82.9 Å². The van der Waals surface area contributed by atoms with E-state index in [0.717, 1.165) is 11.3 Å². The van der Waals surface area contributed by atoms with E-state index in [1.54, 1.807) is 20.3 Å². The molecule has 0 spiro atoms. The fourth-order valence-corrected chi connectivity index (χ4v) is 2.78. The van der Waals surface area contributed by atoms with Crippen LogP contribution < -0.4 is 14.2 Å². The van der Waals surface area contributed by atoms with Gasteiger partial charge < -0.3 is 23.9 Å². The summed E-state index contributed by atoms with van der Waals surface area (Å²) in [6.07, 6.45) is 0.506. The average molecular weight is 344 g/mol. The van der Waals surface area contributed by atoms with E-state index in [2.05, 4.69) is 9.97 Å². The number of benzene rings is 1. The van der Waals surface area contributed by atoms with Crippen molar-refractivity contribution in [2.75, 3.05) is 27.4 Å². The first-order valence-electron chi connectivity index (χ1n) is 8.18. The van der Waals surface area contributed by atoms with Crippen LogP contribution in [0.25, 0.3) is 11.4 Å². The van der Waals surface area contributed by atoms with Crippen LogP contribution in [0.1, 0.15) is 18.5 Å². The molecular formula is C17H21BN2O5. The van der Waals surface area contributed by atoms with Gasteiger partial charge in [-0.2, -0.15) is 4.98 Å². The van der Waals surface area contributed by atoms with Crippen LogP contribution in [0.5, 0.6) is 17.4 Å². The summed E-state index contributed by atoms with van der Waals surface area (Å²) < 4.78 is 21.5. The minimum Gasteiger partial charge on any atom is -0.493 e. The summed E-state index contributed by atoms with van der Waals surface area (Å²) in [4.78, 5) is 9.08. The second-order valence-electron chi connectivity index (χ2n) is 5.68. The molecule has 1 aromatic heterocycles. The van der Waals surface area contributed by atoms with Gasteiger partial charge in [0.25, 0.3) is 0 Å². The first-order chi connectivity index (χ1) is 12.1. The molecule has 0 unspecified atom stereocenters. The van der Waals surface area contributed by atoms with E-state index in [-0.39, 0.29) is 5.92 Å². The monoisotopic (exact) mass is 344 g/mol. The van der Waals surface area contributed by atoms with Gasteiger partial charge in [-0.05, 0) is 31.4 Å². The Morgan fingerprint density at radius 3 is 2.68 bits per heavy atom. The lowest BCUT2D eigenvalue weighted by Gasteiger charge is -2.13. The third kappa shape index (κ3) is 3.86. The van der Waals surface area contributed by atoms with Gasteiger partial charge in [-0.25, -0.2) is 4.98 Å². The highest BCUT2D eigenvalue weighted by molar-refractivity contribution is 6.43. The minimum atomic E-state index is -0.750. The maximum Gasteiger partial charge on any atom is 0.454 e. The van der Waals surface area contributed by atoms with Crippen molar-refractivity contribution < 1.29 is 23.9 Å². The van der Waals surface area contributed by atoms with Crippen LogP contribution in [0, 0.1) is 0 Å². The lowest BCUT2D eigenvalue weighted by atomic mass is 9.81. The van der Waals surface area contributed by atoms with Crippen molar-refractivity contribution in [2.45, 2.75) is 19.2 Å². The average Bonchev–Trinajstić information content (AvgIpc) is 3.08. The lowest BCUT2D eigenvalue weighted by Crippen LogP contribution is -2.08. The minimum absolute atomic E-state index is 0.00950. The van der Waals surface area contributed by atoms with Crippen molar-refractivity contribution in [3.63, 3.8) is 0 Å². The Hall–Kier alpha value is -2.32. The van der Waals surface area contributed by atoms with E-state index in [0.29, 0.717) is 42.7 Å². The fraction of sp³-hybridized carbons (Fsp3) is 0.412. The standard InChI is InChI=1S/C17H21BN2O5/c1-4-24-15-7-11(5-6-14(15)22-2)17-19-13(8-16(20-17)23-3)12-9-18(21)25-10-12/h5-8,12,21H,4,9-10H2,1-3H3/t12-/m1/s1. The van der Waals surface area contributed by atoms with Gasteiger partial charge >= 0.3 is 7.12 Å². The fourth-order valence-electron chi connectivity index (χ4n) is 2.78. The van der Waals surface area contributed by atoms with Gasteiger partial charge in [0.2, 0.25) is 5.88 Å². The Kier molecular flexibility index (Phi) is 5.40. The van der Waals surface area contributed by atoms with Crippen molar-refractivity contribution in [3.8, 4) is 28.8 Å². The zero-order valence-electron chi connectivity index (χ0n) is 14.6. The molecule has 3 rings (SSSR count). The van der Waals surface area contributed by atoms with Gasteiger partial charge in [-0.3, -0.25) is 0 Å². The predicted octanol–water partition coefficient (Wildman–Crippen LogP) is 2.15. The largest absolute Gasteiger partial charge is 0.493 e. The number of hydrogen-bond donors (Lipinski definition) is 1. The Bertz CT molecular complexity index is 743. The van der Waals surface area contributed by atoms with Crippen molar-refractivity contribution >= 4 is 7.12 Å². The van der Waals surface area contributed by atoms with Crippen LogP contribution in [0.3, 0.4) is 0 Å². The molecule has 0 saturated carbocycles. The van der Waals surface area contributed by atoms with E-state index in [9.17, 15) is 5.02 Å². The summed E-state index contributed by atoms with van der Waals surface area (Å²) >= 11 is 0. The molecule has 1 aromatic carbocycles. The summed E-state index contributed by atoms with van der Waals surface area (Å²) in [7, 11) is 2.42. The molecule has 0 amide bonds. The van der Waals surface area contributed by atoms with Gasteiger partial charge in [0.15, 0.2) is 17.3 Å². The van der Waals surface area contributed by atoms with E-state index in [1.807, 2.05) is 25.1 Å². The van der Waals surface area contributed by atoms with Crippen LogP contribution >= 0.6 is 0 Å². The molecule has 1 N–H and O–H groups in total. The van der Waals surface area contributed by atoms with Gasteiger partial charge in [0, 0.05) is 24.2 Å². The van der Waals surface area contributed by atoms with Gasteiger partial charge in [-0.15, -0.1) is 0 Å². The quantitative estimate of drug-likeness (QED) is 0.804. The number of ether oxygens (including phenoxy) is 3. The van der Waals surface area contributed by atoms with E-state index in [4.69, 9.17) is 18.9 Å². The summed E-state index contributed by atoms with van der Waals surface area (Å²) in [5, 5.41) is 9.60. The van der Waals surface area contributed by atoms with Crippen LogP contribution in [-0.2, 0) is 4.65 Å². The number of aromatic nitrogens is 2. The predicted molar refractivity (Wildman–Crippen MR) is 93.2 cm³/mol. The molecule has 25 heavy (non-hydrogen) atoms. The van der Waals surface area contributed by atoms with Crippen molar-refractivity contribution in [3.05, 3.63) is 30.0 Å². The summed E-state index contributed by atoms with van der Waals surface area (Å²) in [5.41, 5.74) is 1.58. The number of rotatable bonds is 6. The third-order valence-electron chi connectivity index (χ3n) is 4.05. The molecule has 1 saturated heterocycles. The van der Waals surface area contributed by atoms with Crippen LogP contribution in [0.15, 0.2) is 24.3 Å². The lowest BCUT2D eigenvalue weighted by molar-refractivity contribution is 0.291. The van der Waals surface area contributed by atoms with Gasteiger partial charge in [-0.1, -0.05) is 0 Å². The molecule has 132 valence electrons. The molecule has 1 fully saturated rings. The Balaban J connectivity index is 2.00. The molecule has 1 aliphatic rings. The van der Waals surface area contributed by atoms with Crippen LogP contribution in [-0.4, -0.2) is 49.5 Å². The number of hydrogen-bond acceptors (Lipinski definition) is 7. The molecule has 0 aliphatic carbocycles. The second kappa shape index (κ2) is 7.71. The van der Waals surface area contributed by atoms with Crippen molar-refractivity contribution in [1.29, 1.82) is 0 Å². The highest BCUT2D eigenvalue weighted by Gasteiger charge is 2.31. The summed E-state index contributed by atoms with van der Waals surface area (Å²) in [5.74, 6) is 2.29. The zero-order chi connectivity index (χ0) is 17.8. The summed E-state index contributed by atoms with van der Waals surface area (Å²) in [6.45, 7) is 2.87. The smallest absolute Gasteiger partial charge is 0.454 e. The van der Waals surface area contributed by atoms with Gasteiger partial charge in [0.05, 0.1) is 26.5 Å². The first kappa shape index (κ1) is 17.5. The van der Waals surface area contributed by atoms with Crippen molar-refractivity contribution in [1.82, 2.24) is 9.97 Å². The highest BCUT2D eigenvalue weighted by atomic mass is 16.5. The molecular weight excluding hydrogens is 323 g/mol. The molecule has 7 nitrogen and oxygen atoms in total. The second-order valence-corrected chi connectivity index (χ2v) is 5.68. The third-order valence-corrected chi connectivity index (χ3v) is 4.05. The zero-order valence-corrected chi connectivity index (χ0v) is 14.6. The highest BCUT2D eigenvalue weighted by Crippen LogP contribution is 2.34. The number of methoxy groups -OCH3 is 2. The maximum absolute atomic E-state index is 9.60. The van der Waals surface area contributed by atoms with E-state index < -0.39 is 7.12 Å². The summed E-state index contributed by atoms with van der Waals surface area (Å²) in [6, 6.07) is 7.33. The Labute approximate surface area is 147 Å². The Morgan fingerprint density at radius 1 is 1.20 bits per heavy atom. The molecule has 0 radical (unpaired) electrons. The first-order valence-corrected chi connectivity index (χ1v) is 8.18. The molecule has 0 bridgehead atoms. The van der Waals surface area contributed by atoms with E-state index in [1.165, 1.54) is 0 Å². The van der Waals surface area contributed by atoms with Gasteiger partial charge in [0.1, 0.15) is 0 Å². The van der Waals surface area contributed by atoms with Crippen LogP contribution in [0.2, 0.25) is 6.32 Å². The molecule has 1 aliphatic heterocycles. The van der Waals surface area contributed by atoms with Crippen LogP contribution in [0.4, 0.5) is 0 Å². The maximum atomic E-state index is 9.60. The molecule has 2 aromatic rings. The molecule has 8 heteroatoms. The Morgan fingerprint density at radius 2 is 2.04 bits per heavy atom. The SMILES string of the molecule is CCOc1cc(-c2nc(OC)cc([C@H]3COB(O)C3)n2)ccc1OC. The van der Waals surface area contributed by atoms with Crippen molar-refractivity contribution in [2.24, 2.45) is 0 Å². The molecule has 2 heterocycles. The normalized spacial score (nSPS) is 16.8. The molecule has 1 atom stereocenters. The number of nitrogens with zero attached hydrogens (tertiary/aromatic N) is 2. The van der Waals surface area contributed by atoms with E-state index >= 15 is 0 Å².